The minimum absolute atomic E-state index is 0.0605. The molecule has 0 bridgehead atoms. The third-order valence-electron chi connectivity index (χ3n) is 4.97. The zero-order valence-electron chi connectivity index (χ0n) is 17.0. The summed E-state index contributed by atoms with van der Waals surface area (Å²) in [4.78, 5) is 24.9. The van der Waals surface area contributed by atoms with Gasteiger partial charge in [-0.15, -0.1) is 0 Å². The highest BCUT2D eigenvalue weighted by Crippen LogP contribution is 2.30. The summed E-state index contributed by atoms with van der Waals surface area (Å²) in [6.07, 6.45) is 2.05. The van der Waals surface area contributed by atoms with Crippen molar-refractivity contribution in [3.05, 3.63) is 58.1 Å². The Hall–Kier alpha value is -3.18. The molecule has 2 aromatic carbocycles. The minimum atomic E-state index is -4.06. The Kier molecular flexibility index (Phi) is 6.76. The number of nitrogens with zero attached hydrogens (tertiary/aromatic N) is 2. The molecule has 0 spiro atoms. The van der Waals surface area contributed by atoms with Gasteiger partial charge in [0, 0.05) is 31.6 Å². The molecule has 0 heterocycles. The first-order valence-corrected chi connectivity index (χ1v) is 11.2. The van der Waals surface area contributed by atoms with Crippen molar-refractivity contribution in [2.24, 2.45) is 5.14 Å². The highest BCUT2D eigenvalue weighted by atomic mass is 32.2. The lowest BCUT2D eigenvalue weighted by molar-refractivity contribution is -0.384. The van der Waals surface area contributed by atoms with Gasteiger partial charge in [0.1, 0.15) is 11.4 Å². The highest BCUT2D eigenvalue weighted by Gasteiger charge is 2.32. The second-order valence-electron chi connectivity index (χ2n) is 7.26. The van der Waals surface area contributed by atoms with Crippen molar-refractivity contribution in [3.8, 4) is 5.75 Å². The number of benzene rings is 2. The molecule has 1 fully saturated rings. The van der Waals surface area contributed by atoms with E-state index in [1.54, 1.807) is 7.11 Å². The van der Waals surface area contributed by atoms with E-state index in [4.69, 9.17) is 9.88 Å². The second kappa shape index (κ2) is 9.31. The van der Waals surface area contributed by atoms with Gasteiger partial charge in [0.2, 0.25) is 15.9 Å². The number of hydrogen-bond acceptors (Lipinski definition) is 7. The van der Waals surface area contributed by atoms with Gasteiger partial charge in [0.25, 0.3) is 5.69 Å². The van der Waals surface area contributed by atoms with Crippen molar-refractivity contribution in [2.45, 2.75) is 36.7 Å². The number of primary sulfonamides is 1. The van der Waals surface area contributed by atoms with Gasteiger partial charge < -0.3 is 15.0 Å². The summed E-state index contributed by atoms with van der Waals surface area (Å²) in [5.41, 5.74) is 0.692. The van der Waals surface area contributed by atoms with E-state index in [-0.39, 0.29) is 35.5 Å². The molecule has 1 saturated carbocycles. The average molecular weight is 449 g/mol. The number of nitro groups is 1. The van der Waals surface area contributed by atoms with E-state index < -0.39 is 20.6 Å². The van der Waals surface area contributed by atoms with Gasteiger partial charge in [-0.2, -0.15) is 0 Å². The van der Waals surface area contributed by atoms with Crippen LogP contribution < -0.4 is 15.2 Å². The smallest absolute Gasteiger partial charge is 0.293 e. The summed E-state index contributed by atoms with van der Waals surface area (Å²) in [7, 11) is -2.47. The first-order valence-electron chi connectivity index (χ1n) is 9.66. The Bertz CT molecular complexity index is 1070. The van der Waals surface area contributed by atoms with Gasteiger partial charge in [0.15, 0.2) is 0 Å². The standard InChI is InChI=1S/C20H24N4O6S/c1-30-16-6-2-14(3-7-16)13-23(15-4-5-15)20(25)10-11-22-18-9-8-17(31(21,28)29)12-19(18)24(26)27/h2-3,6-9,12,15,22H,4-5,10-11,13H2,1H3,(H2,21,28,29). The van der Waals surface area contributed by atoms with E-state index in [2.05, 4.69) is 5.32 Å². The van der Waals surface area contributed by atoms with E-state index >= 15 is 0 Å². The van der Waals surface area contributed by atoms with Gasteiger partial charge in [-0.25, -0.2) is 13.6 Å². The van der Waals surface area contributed by atoms with Crippen molar-refractivity contribution < 1.29 is 22.9 Å². The van der Waals surface area contributed by atoms with Crippen molar-refractivity contribution in [1.82, 2.24) is 4.90 Å². The number of hydrogen-bond donors (Lipinski definition) is 2. The fourth-order valence-electron chi connectivity index (χ4n) is 3.17. The zero-order valence-corrected chi connectivity index (χ0v) is 17.8. The number of nitro benzene ring substituents is 1. The number of carbonyl (C=O) groups excluding carboxylic acids is 1. The summed E-state index contributed by atoms with van der Waals surface area (Å²) >= 11 is 0. The molecule has 3 N–H and O–H groups in total. The molecule has 0 saturated heterocycles. The number of anilines is 1. The molecule has 0 unspecified atom stereocenters. The average Bonchev–Trinajstić information content (AvgIpc) is 3.56. The van der Waals surface area contributed by atoms with E-state index in [1.165, 1.54) is 12.1 Å². The van der Waals surface area contributed by atoms with Crippen LogP contribution in [0, 0.1) is 10.1 Å². The minimum Gasteiger partial charge on any atom is -0.497 e. The van der Waals surface area contributed by atoms with Crippen molar-refractivity contribution in [3.63, 3.8) is 0 Å². The number of rotatable bonds is 10. The van der Waals surface area contributed by atoms with E-state index in [1.807, 2.05) is 29.2 Å². The number of methoxy groups -OCH3 is 1. The maximum absolute atomic E-state index is 12.8. The van der Waals surface area contributed by atoms with Crippen LogP contribution in [0.1, 0.15) is 24.8 Å². The maximum Gasteiger partial charge on any atom is 0.293 e. The third kappa shape index (κ3) is 5.92. The number of amides is 1. The summed E-state index contributed by atoms with van der Waals surface area (Å²) in [6, 6.07) is 11.1. The first-order chi connectivity index (χ1) is 14.7. The van der Waals surface area contributed by atoms with E-state index in [0.717, 1.165) is 30.2 Å². The monoisotopic (exact) mass is 448 g/mol. The Labute approximate surface area is 180 Å². The van der Waals surface area contributed by atoms with Crippen LogP contribution in [-0.2, 0) is 21.4 Å². The van der Waals surface area contributed by atoms with Crippen LogP contribution in [0.15, 0.2) is 47.4 Å². The molecule has 166 valence electrons. The molecule has 0 aliphatic heterocycles. The van der Waals surface area contributed by atoms with E-state index in [9.17, 15) is 23.3 Å². The number of nitrogens with one attached hydrogen (secondary N) is 1. The molecule has 1 aliphatic rings. The van der Waals surface area contributed by atoms with Gasteiger partial charge in [0.05, 0.1) is 16.9 Å². The summed E-state index contributed by atoms with van der Waals surface area (Å²) in [5, 5.41) is 19.2. The molecule has 31 heavy (non-hydrogen) atoms. The molecule has 0 aromatic heterocycles. The molecule has 0 radical (unpaired) electrons. The molecule has 1 amide bonds. The predicted molar refractivity (Wildman–Crippen MR) is 114 cm³/mol. The van der Waals surface area contributed by atoms with Gasteiger partial charge in [-0.3, -0.25) is 14.9 Å². The summed E-state index contributed by atoms with van der Waals surface area (Å²) in [6.45, 7) is 0.650. The predicted octanol–water partition coefficient (Wildman–Crippen LogP) is 2.24. The van der Waals surface area contributed by atoms with Crippen molar-refractivity contribution in [2.75, 3.05) is 19.0 Å². The Morgan fingerprint density at radius 3 is 2.48 bits per heavy atom. The largest absolute Gasteiger partial charge is 0.497 e. The molecule has 3 rings (SSSR count). The fraction of sp³-hybridized carbons (Fsp3) is 0.350. The highest BCUT2D eigenvalue weighted by molar-refractivity contribution is 7.89. The van der Waals surface area contributed by atoms with Crippen LogP contribution in [-0.4, -0.2) is 43.8 Å². The zero-order chi connectivity index (χ0) is 22.6. The normalized spacial score (nSPS) is 13.5. The Morgan fingerprint density at radius 1 is 1.26 bits per heavy atom. The molecule has 2 aromatic rings. The topological polar surface area (TPSA) is 145 Å². The number of carbonyl (C=O) groups is 1. The van der Waals surface area contributed by atoms with Crippen LogP contribution in [0.5, 0.6) is 5.75 Å². The number of sulfonamides is 1. The number of ether oxygens (including phenoxy) is 1. The summed E-state index contributed by atoms with van der Waals surface area (Å²) < 4.78 is 28.0. The SMILES string of the molecule is COc1ccc(CN(C(=O)CCNc2ccc(S(N)(=O)=O)cc2[N+](=O)[O-])C2CC2)cc1. The van der Waals surface area contributed by atoms with Crippen LogP contribution in [0.2, 0.25) is 0 Å². The molecule has 10 nitrogen and oxygen atoms in total. The lowest BCUT2D eigenvalue weighted by Crippen LogP contribution is -2.33. The lowest BCUT2D eigenvalue weighted by atomic mass is 10.2. The van der Waals surface area contributed by atoms with Gasteiger partial charge in [-0.05, 0) is 42.7 Å². The molecular formula is C20H24N4O6S. The quantitative estimate of drug-likeness (QED) is 0.419. The summed E-state index contributed by atoms with van der Waals surface area (Å²) in [5.74, 6) is 0.682. The van der Waals surface area contributed by atoms with Crippen LogP contribution in [0.25, 0.3) is 0 Å². The van der Waals surface area contributed by atoms with Crippen molar-refractivity contribution in [1.29, 1.82) is 0 Å². The van der Waals surface area contributed by atoms with Crippen molar-refractivity contribution >= 4 is 27.3 Å². The first kappa shape index (κ1) is 22.5. The molecule has 1 aliphatic carbocycles. The second-order valence-corrected chi connectivity index (χ2v) is 8.82. The van der Waals surface area contributed by atoms with Crippen LogP contribution in [0.3, 0.4) is 0 Å². The maximum atomic E-state index is 12.8. The van der Waals surface area contributed by atoms with E-state index in [0.29, 0.717) is 6.54 Å². The van der Waals surface area contributed by atoms with Gasteiger partial charge in [-0.1, -0.05) is 12.1 Å². The molecular weight excluding hydrogens is 424 g/mol. The van der Waals surface area contributed by atoms with Crippen LogP contribution in [0.4, 0.5) is 11.4 Å². The Balaban J connectivity index is 1.63. The number of nitrogens with two attached hydrogens (primary N) is 1. The van der Waals surface area contributed by atoms with Crippen LogP contribution >= 0.6 is 0 Å². The Morgan fingerprint density at radius 2 is 1.94 bits per heavy atom. The van der Waals surface area contributed by atoms with Gasteiger partial charge >= 0.3 is 0 Å². The lowest BCUT2D eigenvalue weighted by Gasteiger charge is -2.23. The third-order valence-corrected chi connectivity index (χ3v) is 5.88. The fourth-order valence-corrected chi connectivity index (χ4v) is 3.71. The molecule has 11 heteroatoms. The molecule has 0 atom stereocenters.